The number of rotatable bonds is 2. The zero-order valence-electron chi connectivity index (χ0n) is 8.73. The highest BCUT2D eigenvalue weighted by Gasteiger charge is 2.25. The van der Waals surface area contributed by atoms with Gasteiger partial charge in [-0.25, -0.2) is 4.79 Å². The molecule has 6 heteroatoms. The fourth-order valence-electron chi connectivity index (χ4n) is 1.52. The molecule has 0 aliphatic carbocycles. The maximum atomic E-state index is 11.5. The third kappa shape index (κ3) is 2.26. The molecule has 0 saturated carbocycles. The van der Waals surface area contributed by atoms with E-state index in [2.05, 4.69) is 15.9 Å². The number of ketones is 1. The molecule has 90 valence electrons. The van der Waals surface area contributed by atoms with Crippen LogP contribution < -0.4 is 9.47 Å². The summed E-state index contributed by atoms with van der Waals surface area (Å²) in [6, 6.07) is 2.98. The number of hydrogen-bond donors (Lipinski definition) is 1. The maximum absolute atomic E-state index is 11.5. The Morgan fingerprint density at radius 3 is 2.47 bits per heavy atom. The molecule has 1 aliphatic rings. The molecular formula is C11H9BrO5. The van der Waals surface area contributed by atoms with Crippen LogP contribution in [0.3, 0.4) is 0 Å². The molecule has 0 unspecified atom stereocenters. The highest BCUT2D eigenvalue weighted by Crippen LogP contribution is 2.39. The standard InChI is InChI=1S/C11H9BrO5/c12-7-3-2-6(8(13)11(14)15)9-10(7)17-5-1-4-16-9/h2-3H,1,4-5H2,(H,14,15). The van der Waals surface area contributed by atoms with Gasteiger partial charge in [0.15, 0.2) is 11.5 Å². The Morgan fingerprint density at radius 2 is 1.82 bits per heavy atom. The molecule has 1 heterocycles. The van der Waals surface area contributed by atoms with Gasteiger partial charge in [-0.3, -0.25) is 4.79 Å². The van der Waals surface area contributed by atoms with Crippen molar-refractivity contribution < 1.29 is 24.2 Å². The lowest BCUT2D eigenvalue weighted by atomic mass is 10.1. The third-order valence-corrected chi connectivity index (χ3v) is 2.91. The van der Waals surface area contributed by atoms with E-state index in [4.69, 9.17) is 14.6 Å². The van der Waals surface area contributed by atoms with Gasteiger partial charge in [0.05, 0.1) is 23.2 Å². The minimum absolute atomic E-state index is 0.0117. The second-order valence-corrected chi connectivity index (χ2v) is 4.29. The third-order valence-electron chi connectivity index (χ3n) is 2.28. The van der Waals surface area contributed by atoms with Crippen molar-refractivity contribution in [2.45, 2.75) is 6.42 Å². The fraction of sp³-hybridized carbons (Fsp3) is 0.273. The second kappa shape index (κ2) is 4.75. The number of carbonyl (C=O) groups excluding carboxylic acids is 1. The molecule has 1 aromatic rings. The predicted molar refractivity (Wildman–Crippen MR) is 61.7 cm³/mol. The van der Waals surface area contributed by atoms with E-state index in [0.717, 1.165) is 0 Å². The van der Waals surface area contributed by atoms with Crippen molar-refractivity contribution in [2.75, 3.05) is 13.2 Å². The van der Waals surface area contributed by atoms with Crippen LogP contribution in [-0.2, 0) is 4.79 Å². The van der Waals surface area contributed by atoms with Crippen molar-refractivity contribution in [1.29, 1.82) is 0 Å². The molecule has 0 bridgehead atoms. The number of halogens is 1. The number of carbonyl (C=O) groups is 2. The Bertz CT molecular complexity index is 483. The van der Waals surface area contributed by atoms with Gasteiger partial charge >= 0.3 is 5.97 Å². The SMILES string of the molecule is O=C(O)C(=O)c1ccc(Br)c2c1OCCCO2. The summed E-state index contributed by atoms with van der Waals surface area (Å²) in [5, 5.41) is 8.72. The first-order valence-electron chi connectivity index (χ1n) is 4.97. The Morgan fingerprint density at radius 1 is 1.18 bits per heavy atom. The molecule has 0 atom stereocenters. The van der Waals surface area contributed by atoms with E-state index in [0.29, 0.717) is 29.9 Å². The number of Topliss-reactive ketones (excluding diaryl/α,β-unsaturated/α-hetero) is 1. The van der Waals surface area contributed by atoms with E-state index in [1.807, 2.05) is 0 Å². The van der Waals surface area contributed by atoms with Crippen molar-refractivity contribution in [1.82, 2.24) is 0 Å². The van der Waals surface area contributed by atoms with Crippen molar-refractivity contribution in [3.8, 4) is 11.5 Å². The summed E-state index contributed by atoms with van der Waals surface area (Å²) in [6.07, 6.45) is 0.682. The van der Waals surface area contributed by atoms with Gasteiger partial charge in [-0.05, 0) is 28.1 Å². The smallest absolute Gasteiger partial charge is 0.377 e. The number of aliphatic carboxylic acids is 1. The molecule has 1 aliphatic heterocycles. The summed E-state index contributed by atoms with van der Waals surface area (Å²) < 4.78 is 11.5. The molecule has 5 nitrogen and oxygen atoms in total. The first-order valence-corrected chi connectivity index (χ1v) is 5.76. The van der Waals surface area contributed by atoms with E-state index in [1.165, 1.54) is 6.07 Å². The minimum atomic E-state index is -1.51. The Kier molecular flexibility index (Phi) is 3.33. The molecular weight excluding hydrogens is 292 g/mol. The zero-order valence-corrected chi connectivity index (χ0v) is 10.3. The highest BCUT2D eigenvalue weighted by atomic mass is 79.9. The van der Waals surface area contributed by atoms with E-state index in [1.54, 1.807) is 6.07 Å². The van der Waals surface area contributed by atoms with Crippen LogP contribution >= 0.6 is 15.9 Å². The molecule has 0 radical (unpaired) electrons. The largest absolute Gasteiger partial charge is 0.489 e. The van der Waals surface area contributed by atoms with Gasteiger partial charge in [-0.15, -0.1) is 0 Å². The summed E-state index contributed by atoms with van der Waals surface area (Å²) in [5.41, 5.74) is 0.0117. The second-order valence-electron chi connectivity index (χ2n) is 3.44. The van der Waals surface area contributed by atoms with E-state index in [9.17, 15) is 9.59 Å². The van der Waals surface area contributed by atoms with E-state index in [-0.39, 0.29) is 11.3 Å². The van der Waals surface area contributed by atoms with Crippen LogP contribution in [0, 0.1) is 0 Å². The summed E-state index contributed by atoms with van der Waals surface area (Å²) in [5.74, 6) is -1.93. The molecule has 0 saturated heterocycles. The van der Waals surface area contributed by atoms with Crippen LogP contribution in [0.1, 0.15) is 16.8 Å². The lowest BCUT2D eigenvalue weighted by molar-refractivity contribution is -0.131. The van der Waals surface area contributed by atoms with Crippen LogP contribution in [0.5, 0.6) is 11.5 Å². The number of hydrogen-bond acceptors (Lipinski definition) is 4. The Balaban J connectivity index is 2.54. The molecule has 2 rings (SSSR count). The first-order chi connectivity index (χ1) is 8.11. The van der Waals surface area contributed by atoms with Gasteiger partial charge in [0.1, 0.15) is 0 Å². The van der Waals surface area contributed by atoms with Crippen LogP contribution in [0.25, 0.3) is 0 Å². The van der Waals surface area contributed by atoms with Crippen molar-refractivity contribution in [2.24, 2.45) is 0 Å². The molecule has 0 aromatic heterocycles. The Hall–Kier alpha value is -1.56. The lowest BCUT2D eigenvalue weighted by Gasteiger charge is -2.11. The van der Waals surface area contributed by atoms with E-state index < -0.39 is 11.8 Å². The van der Waals surface area contributed by atoms with Crippen LogP contribution in [0.15, 0.2) is 16.6 Å². The van der Waals surface area contributed by atoms with Gasteiger partial charge in [0.2, 0.25) is 0 Å². The number of carboxylic acids is 1. The summed E-state index contributed by atoms with van der Waals surface area (Å²) in [4.78, 5) is 22.2. The van der Waals surface area contributed by atoms with E-state index >= 15 is 0 Å². The predicted octanol–water partition coefficient (Wildman–Crippen LogP) is 1.88. The topological polar surface area (TPSA) is 72.8 Å². The number of ether oxygens (including phenoxy) is 2. The first kappa shape index (κ1) is 11.9. The Labute approximate surface area is 105 Å². The molecule has 0 spiro atoms. The number of fused-ring (bicyclic) bond motifs is 1. The maximum Gasteiger partial charge on any atom is 0.377 e. The molecule has 0 fully saturated rings. The van der Waals surface area contributed by atoms with Gasteiger partial charge in [0, 0.05) is 6.42 Å². The van der Waals surface area contributed by atoms with Gasteiger partial charge in [0.25, 0.3) is 5.78 Å². The number of benzene rings is 1. The average molecular weight is 301 g/mol. The zero-order chi connectivity index (χ0) is 12.4. The van der Waals surface area contributed by atoms with Gasteiger partial charge in [-0.2, -0.15) is 0 Å². The lowest BCUT2D eigenvalue weighted by Crippen LogP contribution is -2.14. The molecule has 0 amide bonds. The van der Waals surface area contributed by atoms with Crippen molar-refractivity contribution >= 4 is 27.7 Å². The molecule has 1 N–H and O–H groups in total. The fourth-order valence-corrected chi connectivity index (χ4v) is 1.94. The van der Waals surface area contributed by atoms with Gasteiger partial charge in [-0.1, -0.05) is 0 Å². The summed E-state index contributed by atoms with van der Waals surface area (Å²) in [6.45, 7) is 0.861. The molecule has 1 aromatic carbocycles. The van der Waals surface area contributed by atoms with Crippen LogP contribution in [-0.4, -0.2) is 30.1 Å². The number of carboxylic acid groups (broad SMARTS) is 1. The average Bonchev–Trinajstić information content (AvgIpc) is 2.54. The summed E-state index contributed by atoms with van der Waals surface area (Å²) >= 11 is 3.27. The minimum Gasteiger partial charge on any atom is -0.489 e. The van der Waals surface area contributed by atoms with Crippen LogP contribution in [0.4, 0.5) is 0 Å². The summed E-state index contributed by atoms with van der Waals surface area (Å²) in [7, 11) is 0. The quantitative estimate of drug-likeness (QED) is 0.667. The van der Waals surface area contributed by atoms with Crippen molar-refractivity contribution in [3.63, 3.8) is 0 Å². The van der Waals surface area contributed by atoms with Gasteiger partial charge < -0.3 is 14.6 Å². The molecule has 17 heavy (non-hydrogen) atoms. The monoisotopic (exact) mass is 300 g/mol. The van der Waals surface area contributed by atoms with Crippen LogP contribution in [0.2, 0.25) is 0 Å². The van der Waals surface area contributed by atoms with Crippen molar-refractivity contribution in [3.05, 3.63) is 22.2 Å². The highest BCUT2D eigenvalue weighted by molar-refractivity contribution is 9.10. The normalized spacial score (nSPS) is 13.9.